The molecule has 1 aliphatic rings. The molecule has 164 valence electrons. The van der Waals surface area contributed by atoms with E-state index in [0.29, 0.717) is 51.6 Å². The Morgan fingerprint density at radius 1 is 1.10 bits per heavy atom. The Balaban J connectivity index is 1.86. The molecule has 0 unspecified atom stereocenters. The molecule has 1 heterocycles. The van der Waals surface area contributed by atoms with E-state index in [4.69, 9.17) is 32.7 Å². The SMILES string of the molecule is CCOc1cc(/C=C2/SC(=O)N([C@@H](C)CC)C2=O)cc(Cl)c1OCc1ccc(Cl)cc1. The zero-order valence-corrected chi connectivity index (χ0v) is 19.8. The maximum Gasteiger partial charge on any atom is 0.293 e. The molecule has 0 aromatic heterocycles. The molecule has 31 heavy (non-hydrogen) atoms. The molecule has 1 fully saturated rings. The maximum atomic E-state index is 12.7. The molecule has 2 aromatic carbocycles. The topological polar surface area (TPSA) is 55.8 Å². The fourth-order valence-electron chi connectivity index (χ4n) is 3.00. The summed E-state index contributed by atoms with van der Waals surface area (Å²) in [6, 6.07) is 10.6. The Kier molecular flexibility index (Phi) is 7.92. The molecule has 0 bridgehead atoms. The zero-order valence-electron chi connectivity index (χ0n) is 17.5. The van der Waals surface area contributed by atoms with Crippen molar-refractivity contribution in [3.63, 3.8) is 0 Å². The third kappa shape index (κ3) is 5.56. The van der Waals surface area contributed by atoms with Crippen LogP contribution in [0.25, 0.3) is 6.08 Å². The first-order valence-electron chi connectivity index (χ1n) is 9.94. The van der Waals surface area contributed by atoms with Crippen molar-refractivity contribution in [2.24, 2.45) is 0 Å². The fourth-order valence-corrected chi connectivity index (χ4v) is 4.33. The normalized spacial score (nSPS) is 16.2. The minimum Gasteiger partial charge on any atom is -0.490 e. The highest BCUT2D eigenvalue weighted by molar-refractivity contribution is 8.18. The first-order valence-corrected chi connectivity index (χ1v) is 11.5. The molecule has 2 aromatic rings. The number of carbonyl (C=O) groups excluding carboxylic acids is 2. The van der Waals surface area contributed by atoms with E-state index in [1.165, 1.54) is 4.90 Å². The summed E-state index contributed by atoms with van der Waals surface area (Å²) in [7, 11) is 0. The van der Waals surface area contributed by atoms with Crippen LogP contribution >= 0.6 is 35.0 Å². The zero-order chi connectivity index (χ0) is 22.5. The third-order valence-corrected chi connectivity index (χ3v) is 6.20. The average Bonchev–Trinajstić information content (AvgIpc) is 3.01. The Labute approximate surface area is 196 Å². The molecule has 3 rings (SSSR count). The minimum atomic E-state index is -0.290. The van der Waals surface area contributed by atoms with Crippen molar-refractivity contribution in [3.8, 4) is 11.5 Å². The lowest BCUT2D eigenvalue weighted by atomic mass is 10.1. The third-order valence-electron chi connectivity index (χ3n) is 4.78. The summed E-state index contributed by atoms with van der Waals surface area (Å²) in [4.78, 5) is 26.6. The lowest BCUT2D eigenvalue weighted by molar-refractivity contribution is -0.124. The standard InChI is InChI=1S/C23H23Cl2NO4S/c1-4-14(3)26-22(27)20(31-23(26)28)12-16-10-18(25)21(19(11-16)29-5-2)30-13-15-6-8-17(24)9-7-15/h6-12,14H,4-5,13H2,1-3H3/b20-12+/t14-/m0/s1. The largest absolute Gasteiger partial charge is 0.490 e. The highest BCUT2D eigenvalue weighted by Crippen LogP contribution is 2.40. The van der Waals surface area contributed by atoms with Gasteiger partial charge in [-0.2, -0.15) is 0 Å². The Morgan fingerprint density at radius 3 is 2.45 bits per heavy atom. The molecule has 1 atom stereocenters. The second kappa shape index (κ2) is 10.4. The molecule has 0 aliphatic carbocycles. The van der Waals surface area contributed by atoms with Crippen LogP contribution in [0, 0.1) is 0 Å². The number of thioether (sulfide) groups is 1. The molecule has 1 saturated heterocycles. The van der Waals surface area contributed by atoms with Gasteiger partial charge in [-0.25, -0.2) is 0 Å². The van der Waals surface area contributed by atoms with E-state index in [-0.39, 0.29) is 17.2 Å². The minimum absolute atomic E-state index is 0.149. The molecule has 0 N–H and O–H groups in total. The maximum absolute atomic E-state index is 12.7. The van der Waals surface area contributed by atoms with E-state index >= 15 is 0 Å². The molecular weight excluding hydrogens is 457 g/mol. The molecule has 5 nitrogen and oxygen atoms in total. The van der Waals surface area contributed by atoms with Crippen molar-refractivity contribution in [3.05, 3.63) is 62.5 Å². The number of ether oxygens (including phenoxy) is 2. The van der Waals surface area contributed by atoms with Gasteiger partial charge >= 0.3 is 0 Å². The number of benzene rings is 2. The van der Waals surface area contributed by atoms with Crippen LogP contribution in [0.2, 0.25) is 10.0 Å². The van der Waals surface area contributed by atoms with Gasteiger partial charge in [-0.3, -0.25) is 14.5 Å². The van der Waals surface area contributed by atoms with E-state index in [2.05, 4.69) is 0 Å². The van der Waals surface area contributed by atoms with Gasteiger partial charge in [0.1, 0.15) is 6.61 Å². The molecule has 0 radical (unpaired) electrons. The van der Waals surface area contributed by atoms with Crippen molar-refractivity contribution < 1.29 is 19.1 Å². The van der Waals surface area contributed by atoms with Gasteiger partial charge in [0, 0.05) is 11.1 Å². The van der Waals surface area contributed by atoms with Crippen LogP contribution in [0.4, 0.5) is 4.79 Å². The van der Waals surface area contributed by atoms with E-state index < -0.39 is 0 Å². The molecule has 2 amide bonds. The highest BCUT2D eigenvalue weighted by atomic mass is 35.5. The van der Waals surface area contributed by atoms with Gasteiger partial charge in [0.05, 0.1) is 16.5 Å². The number of hydrogen-bond donors (Lipinski definition) is 0. The van der Waals surface area contributed by atoms with Crippen molar-refractivity contribution in [1.82, 2.24) is 4.90 Å². The first-order chi connectivity index (χ1) is 14.8. The molecule has 8 heteroatoms. The van der Waals surface area contributed by atoms with Crippen molar-refractivity contribution >= 4 is 52.2 Å². The van der Waals surface area contributed by atoms with Crippen LogP contribution in [-0.4, -0.2) is 28.7 Å². The number of carbonyl (C=O) groups is 2. The van der Waals surface area contributed by atoms with E-state index in [9.17, 15) is 9.59 Å². The quantitative estimate of drug-likeness (QED) is 0.389. The summed E-state index contributed by atoms with van der Waals surface area (Å²) in [6.45, 7) is 6.37. The molecule has 0 saturated carbocycles. The Morgan fingerprint density at radius 2 is 1.81 bits per heavy atom. The average molecular weight is 480 g/mol. The van der Waals surface area contributed by atoms with Gasteiger partial charge in [0.15, 0.2) is 11.5 Å². The predicted molar refractivity (Wildman–Crippen MR) is 126 cm³/mol. The second-order valence-corrected chi connectivity index (χ2v) is 8.82. The first kappa shape index (κ1) is 23.5. The Bertz CT molecular complexity index is 1010. The van der Waals surface area contributed by atoms with Crippen LogP contribution in [-0.2, 0) is 11.4 Å². The predicted octanol–water partition coefficient (Wildman–Crippen LogP) is 6.81. The van der Waals surface area contributed by atoms with E-state index in [1.54, 1.807) is 30.3 Å². The van der Waals surface area contributed by atoms with Crippen molar-refractivity contribution in [2.45, 2.75) is 39.8 Å². The van der Waals surface area contributed by atoms with E-state index in [1.807, 2.05) is 32.9 Å². The van der Waals surface area contributed by atoms with Crippen LogP contribution in [0.1, 0.15) is 38.3 Å². The van der Waals surface area contributed by atoms with Crippen LogP contribution in [0.5, 0.6) is 11.5 Å². The lowest BCUT2D eigenvalue weighted by Crippen LogP contribution is -2.36. The summed E-state index contributed by atoms with van der Waals surface area (Å²) in [5.74, 6) is 0.598. The lowest BCUT2D eigenvalue weighted by Gasteiger charge is -2.19. The smallest absolute Gasteiger partial charge is 0.293 e. The number of rotatable bonds is 8. The summed E-state index contributed by atoms with van der Waals surface area (Å²) < 4.78 is 11.6. The van der Waals surface area contributed by atoms with Crippen LogP contribution in [0.3, 0.4) is 0 Å². The van der Waals surface area contributed by atoms with Gasteiger partial charge in [0.25, 0.3) is 11.1 Å². The summed E-state index contributed by atoms with van der Waals surface area (Å²) in [5, 5.41) is 0.746. The van der Waals surface area contributed by atoms with Gasteiger partial charge in [-0.05, 0) is 73.5 Å². The van der Waals surface area contributed by atoms with Crippen LogP contribution < -0.4 is 9.47 Å². The Hall–Kier alpha value is -2.15. The molecule has 1 aliphatic heterocycles. The second-order valence-electron chi connectivity index (χ2n) is 6.99. The summed E-state index contributed by atoms with van der Waals surface area (Å²) in [6.07, 6.45) is 2.36. The van der Waals surface area contributed by atoms with Gasteiger partial charge in [0.2, 0.25) is 0 Å². The number of imide groups is 1. The van der Waals surface area contributed by atoms with Gasteiger partial charge in [-0.15, -0.1) is 0 Å². The van der Waals surface area contributed by atoms with E-state index in [0.717, 1.165) is 17.3 Å². The van der Waals surface area contributed by atoms with Gasteiger partial charge < -0.3 is 9.47 Å². The number of halogens is 2. The molecular formula is C23H23Cl2NO4S. The van der Waals surface area contributed by atoms with Gasteiger partial charge in [-0.1, -0.05) is 42.3 Å². The number of hydrogen-bond acceptors (Lipinski definition) is 5. The number of amides is 2. The summed E-state index contributed by atoms with van der Waals surface area (Å²) >= 11 is 13.3. The highest BCUT2D eigenvalue weighted by Gasteiger charge is 2.37. The van der Waals surface area contributed by atoms with Crippen molar-refractivity contribution in [2.75, 3.05) is 6.61 Å². The van der Waals surface area contributed by atoms with Crippen molar-refractivity contribution in [1.29, 1.82) is 0 Å². The fraction of sp³-hybridized carbons (Fsp3) is 0.304. The number of nitrogens with zero attached hydrogens (tertiary/aromatic N) is 1. The van der Waals surface area contributed by atoms with Crippen LogP contribution in [0.15, 0.2) is 41.3 Å². The summed E-state index contributed by atoms with van der Waals surface area (Å²) in [5.41, 5.74) is 1.59. The monoisotopic (exact) mass is 479 g/mol. The molecule has 0 spiro atoms.